The predicted octanol–water partition coefficient (Wildman–Crippen LogP) is 3.41. The van der Waals surface area contributed by atoms with E-state index in [1.807, 2.05) is 19.9 Å². The maximum Gasteiger partial charge on any atom is 0.206 e. The van der Waals surface area contributed by atoms with Crippen molar-refractivity contribution < 1.29 is 4.39 Å². The molecule has 1 N–H and O–H groups in total. The fourth-order valence-corrected chi connectivity index (χ4v) is 2.31. The third-order valence-electron chi connectivity index (χ3n) is 2.48. The molecule has 0 fully saturated rings. The molecule has 1 unspecified atom stereocenters. The molecule has 2 rings (SSSR count). The highest BCUT2D eigenvalue weighted by Crippen LogP contribution is 2.23. The third-order valence-corrected chi connectivity index (χ3v) is 3.48. The Labute approximate surface area is 104 Å². The first-order valence-corrected chi connectivity index (χ1v) is 6.35. The zero-order chi connectivity index (χ0) is 12.3. The first kappa shape index (κ1) is 12.0. The molecule has 2 aromatic rings. The van der Waals surface area contributed by atoms with Gasteiger partial charge in [-0.15, -0.1) is 10.2 Å². The lowest BCUT2D eigenvalue weighted by Gasteiger charge is -2.13. The zero-order valence-electron chi connectivity index (χ0n) is 9.77. The highest BCUT2D eigenvalue weighted by Gasteiger charge is 2.12. The summed E-state index contributed by atoms with van der Waals surface area (Å²) in [5.41, 5.74) is 0.640. The number of anilines is 1. The molecule has 1 atom stereocenters. The number of aryl methyl sites for hydroxylation is 1. The summed E-state index contributed by atoms with van der Waals surface area (Å²) in [6, 6.07) is 6.63. The van der Waals surface area contributed by atoms with E-state index >= 15 is 0 Å². The summed E-state index contributed by atoms with van der Waals surface area (Å²) in [5.74, 6) is -0.201. The Balaban J connectivity index is 2.11. The van der Waals surface area contributed by atoms with Crippen molar-refractivity contribution in [3.63, 3.8) is 0 Å². The van der Waals surface area contributed by atoms with Crippen LogP contribution >= 0.6 is 11.3 Å². The Hall–Kier alpha value is -1.49. The van der Waals surface area contributed by atoms with Gasteiger partial charge in [0.15, 0.2) is 0 Å². The van der Waals surface area contributed by atoms with Crippen LogP contribution in [0.1, 0.15) is 30.5 Å². The van der Waals surface area contributed by atoms with Crippen molar-refractivity contribution in [2.75, 3.05) is 5.32 Å². The minimum atomic E-state index is -0.201. The minimum absolute atomic E-state index is 0.117. The fourth-order valence-electron chi connectivity index (χ4n) is 1.54. The summed E-state index contributed by atoms with van der Waals surface area (Å²) in [5, 5.41) is 12.9. The SMILES string of the molecule is CCc1nnc(NC(C)c2ccccc2F)s1. The van der Waals surface area contributed by atoms with Crippen LogP contribution in [0, 0.1) is 5.82 Å². The Kier molecular flexibility index (Phi) is 3.68. The molecule has 0 aliphatic rings. The quantitative estimate of drug-likeness (QED) is 0.904. The standard InChI is InChI=1S/C12H14FN3S/c1-3-11-15-16-12(17-11)14-8(2)9-6-4-5-7-10(9)13/h4-8H,3H2,1-2H3,(H,14,16). The number of hydrogen-bond donors (Lipinski definition) is 1. The van der Waals surface area contributed by atoms with Gasteiger partial charge in [0, 0.05) is 5.56 Å². The van der Waals surface area contributed by atoms with Crippen LogP contribution in [0.2, 0.25) is 0 Å². The molecule has 5 heteroatoms. The maximum absolute atomic E-state index is 13.5. The lowest BCUT2D eigenvalue weighted by Crippen LogP contribution is -2.08. The first-order valence-electron chi connectivity index (χ1n) is 5.54. The summed E-state index contributed by atoms with van der Waals surface area (Å²) in [7, 11) is 0. The molecule has 90 valence electrons. The van der Waals surface area contributed by atoms with Crippen molar-refractivity contribution in [3.8, 4) is 0 Å². The van der Waals surface area contributed by atoms with E-state index in [2.05, 4.69) is 15.5 Å². The zero-order valence-corrected chi connectivity index (χ0v) is 10.6. The van der Waals surface area contributed by atoms with Gasteiger partial charge in [0.2, 0.25) is 5.13 Å². The number of halogens is 1. The second-order valence-electron chi connectivity index (χ2n) is 3.74. The average Bonchev–Trinajstić information content (AvgIpc) is 2.77. The van der Waals surface area contributed by atoms with Crippen molar-refractivity contribution in [2.24, 2.45) is 0 Å². The van der Waals surface area contributed by atoms with Gasteiger partial charge in [0.1, 0.15) is 10.8 Å². The maximum atomic E-state index is 13.5. The van der Waals surface area contributed by atoms with E-state index in [1.54, 1.807) is 12.1 Å². The van der Waals surface area contributed by atoms with E-state index in [0.29, 0.717) is 5.56 Å². The van der Waals surface area contributed by atoms with Gasteiger partial charge in [0.25, 0.3) is 0 Å². The lowest BCUT2D eigenvalue weighted by molar-refractivity contribution is 0.600. The topological polar surface area (TPSA) is 37.8 Å². The van der Waals surface area contributed by atoms with Crippen LogP contribution in [0.15, 0.2) is 24.3 Å². The molecule has 0 aliphatic heterocycles. The fraction of sp³-hybridized carbons (Fsp3) is 0.333. The smallest absolute Gasteiger partial charge is 0.206 e. The second kappa shape index (κ2) is 5.23. The molecule has 0 aliphatic carbocycles. The molecule has 0 radical (unpaired) electrons. The summed E-state index contributed by atoms with van der Waals surface area (Å²) in [6.45, 7) is 3.94. The van der Waals surface area contributed by atoms with E-state index < -0.39 is 0 Å². The number of nitrogens with one attached hydrogen (secondary N) is 1. The van der Waals surface area contributed by atoms with Crippen LogP contribution in [-0.4, -0.2) is 10.2 Å². The number of aromatic nitrogens is 2. The monoisotopic (exact) mass is 251 g/mol. The summed E-state index contributed by atoms with van der Waals surface area (Å²) >= 11 is 1.51. The molecular weight excluding hydrogens is 237 g/mol. The van der Waals surface area contributed by atoms with Crippen LogP contribution in [-0.2, 0) is 6.42 Å². The largest absolute Gasteiger partial charge is 0.353 e. The summed E-state index contributed by atoms with van der Waals surface area (Å²) < 4.78 is 13.5. The molecule has 1 heterocycles. The van der Waals surface area contributed by atoms with Crippen molar-refractivity contribution in [1.29, 1.82) is 0 Å². The second-order valence-corrected chi connectivity index (χ2v) is 4.80. The lowest BCUT2D eigenvalue weighted by atomic mass is 10.1. The van der Waals surface area contributed by atoms with Crippen LogP contribution < -0.4 is 5.32 Å². The Morgan fingerprint density at radius 3 is 2.76 bits per heavy atom. The molecular formula is C12H14FN3S. The van der Waals surface area contributed by atoms with Crippen molar-refractivity contribution in [2.45, 2.75) is 26.3 Å². The Morgan fingerprint density at radius 2 is 2.12 bits per heavy atom. The normalized spacial score (nSPS) is 12.4. The van der Waals surface area contributed by atoms with Crippen LogP contribution in [0.25, 0.3) is 0 Å². The van der Waals surface area contributed by atoms with Gasteiger partial charge in [-0.1, -0.05) is 36.5 Å². The summed E-state index contributed by atoms with van der Waals surface area (Å²) in [6.07, 6.45) is 0.868. The molecule has 17 heavy (non-hydrogen) atoms. The highest BCUT2D eigenvalue weighted by molar-refractivity contribution is 7.15. The predicted molar refractivity (Wildman–Crippen MR) is 67.7 cm³/mol. The van der Waals surface area contributed by atoms with Gasteiger partial charge >= 0.3 is 0 Å². The highest BCUT2D eigenvalue weighted by atomic mass is 32.1. The van der Waals surface area contributed by atoms with E-state index in [0.717, 1.165) is 16.6 Å². The van der Waals surface area contributed by atoms with Crippen LogP contribution in [0.3, 0.4) is 0 Å². The van der Waals surface area contributed by atoms with Gasteiger partial charge in [-0.25, -0.2) is 4.39 Å². The first-order chi connectivity index (χ1) is 8.20. The molecule has 1 aromatic carbocycles. The molecule has 0 spiro atoms. The van der Waals surface area contributed by atoms with Crippen LogP contribution in [0.5, 0.6) is 0 Å². The molecule has 1 aromatic heterocycles. The molecule has 0 saturated carbocycles. The molecule has 0 saturated heterocycles. The van der Waals surface area contributed by atoms with Crippen molar-refractivity contribution >= 4 is 16.5 Å². The van der Waals surface area contributed by atoms with E-state index in [4.69, 9.17) is 0 Å². The molecule has 3 nitrogen and oxygen atoms in total. The molecule has 0 bridgehead atoms. The average molecular weight is 251 g/mol. The Bertz CT molecular complexity index is 498. The van der Waals surface area contributed by atoms with Gasteiger partial charge in [-0.2, -0.15) is 0 Å². The molecule has 0 amide bonds. The number of benzene rings is 1. The Morgan fingerprint density at radius 1 is 1.35 bits per heavy atom. The van der Waals surface area contributed by atoms with E-state index in [9.17, 15) is 4.39 Å². The summed E-state index contributed by atoms with van der Waals surface area (Å²) in [4.78, 5) is 0. The number of hydrogen-bond acceptors (Lipinski definition) is 4. The van der Waals surface area contributed by atoms with Gasteiger partial charge in [-0.3, -0.25) is 0 Å². The van der Waals surface area contributed by atoms with Crippen molar-refractivity contribution in [3.05, 3.63) is 40.7 Å². The van der Waals surface area contributed by atoms with Crippen molar-refractivity contribution in [1.82, 2.24) is 10.2 Å². The number of nitrogens with zero attached hydrogens (tertiary/aromatic N) is 2. The minimum Gasteiger partial charge on any atom is -0.353 e. The van der Waals surface area contributed by atoms with Gasteiger partial charge in [0.05, 0.1) is 6.04 Å². The van der Waals surface area contributed by atoms with E-state index in [-0.39, 0.29) is 11.9 Å². The van der Waals surface area contributed by atoms with Crippen LogP contribution in [0.4, 0.5) is 9.52 Å². The number of rotatable bonds is 4. The van der Waals surface area contributed by atoms with Gasteiger partial charge < -0.3 is 5.32 Å². The van der Waals surface area contributed by atoms with E-state index in [1.165, 1.54) is 17.4 Å². The third kappa shape index (κ3) is 2.79. The van der Waals surface area contributed by atoms with Gasteiger partial charge in [-0.05, 0) is 19.4 Å².